The van der Waals surface area contributed by atoms with Gasteiger partial charge in [0.05, 0.1) is 0 Å². The average Bonchev–Trinajstić information content (AvgIpc) is 2.79. The van der Waals surface area contributed by atoms with E-state index in [0.717, 1.165) is 6.42 Å². The first-order valence-corrected chi connectivity index (χ1v) is 7.54. The Bertz CT molecular complexity index is 263. The number of hydrogen-bond donors (Lipinski definition) is 0. The highest BCUT2D eigenvalue weighted by atomic mass is 31.2. The van der Waals surface area contributed by atoms with Crippen molar-refractivity contribution in [1.82, 2.24) is 0 Å². The van der Waals surface area contributed by atoms with Crippen molar-refractivity contribution >= 4 is 13.4 Å². The summed E-state index contributed by atoms with van der Waals surface area (Å²) in [6.07, 6.45) is 6.38. The summed E-state index contributed by atoms with van der Waals surface area (Å²) in [7, 11) is -0.520. The lowest BCUT2D eigenvalue weighted by Gasteiger charge is -2.13. The highest BCUT2D eigenvalue weighted by Gasteiger charge is 2.26. The first-order chi connectivity index (χ1) is 7.59. The van der Waals surface area contributed by atoms with Crippen molar-refractivity contribution in [1.29, 1.82) is 0 Å². The molecule has 0 aromatic heterocycles. The Balaban J connectivity index is 2.26. The van der Waals surface area contributed by atoms with Gasteiger partial charge in [0.15, 0.2) is 0 Å². The lowest BCUT2D eigenvalue weighted by molar-refractivity contribution is -0.117. The maximum atomic E-state index is 11.7. The third-order valence-corrected chi connectivity index (χ3v) is 5.09. The molecule has 5 heteroatoms. The standard InChI is InChI=1S/C11H21O4P/c1-14-16(13,15-2)9-11(12)8-7-10-5-3-4-6-10/h10H,3-9H2,1-2H3. The van der Waals surface area contributed by atoms with Crippen LogP contribution in [0.15, 0.2) is 0 Å². The van der Waals surface area contributed by atoms with Crippen molar-refractivity contribution in [2.24, 2.45) is 5.92 Å². The summed E-state index contributed by atoms with van der Waals surface area (Å²) < 4.78 is 21.2. The zero-order valence-corrected chi connectivity index (χ0v) is 11.0. The van der Waals surface area contributed by atoms with Crippen LogP contribution in [0.5, 0.6) is 0 Å². The van der Waals surface area contributed by atoms with Gasteiger partial charge in [0.25, 0.3) is 0 Å². The Morgan fingerprint density at radius 3 is 2.31 bits per heavy atom. The number of carbonyl (C=O) groups is 1. The van der Waals surface area contributed by atoms with Crippen molar-refractivity contribution in [3.05, 3.63) is 0 Å². The van der Waals surface area contributed by atoms with E-state index in [4.69, 9.17) is 9.05 Å². The monoisotopic (exact) mass is 248 g/mol. The fraction of sp³-hybridized carbons (Fsp3) is 0.909. The fourth-order valence-corrected chi connectivity index (χ4v) is 3.16. The van der Waals surface area contributed by atoms with Crippen LogP contribution >= 0.6 is 7.60 Å². The molecule has 0 radical (unpaired) electrons. The van der Waals surface area contributed by atoms with Crippen LogP contribution in [-0.2, 0) is 18.4 Å². The van der Waals surface area contributed by atoms with Gasteiger partial charge in [-0.05, 0) is 12.3 Å². The molecule has 1 fully saturated rings. The van der Waals surface area contributed by atoms with Crippen LogP contribution < -0.4 is 0 Å². The molecule has 16 heavy (non-hydrogen) atoms. The van der Waals surface area contributed by atoms with Crippen molar-refractivity contribution in [2.75, 3.05) is 20.4 Å². The number of rotatable bonds is 7. The van der Waals surface area contributed by atoms with Crippen LogP contribution in [0.3, 0.4) is 0 Å². The van der Waals surface area contributed by atoms with Crippen LogP contribution in [-0.4, -0.2) is 26.2 Å². The highest BCUT2D eigenvalue weighted by molar-refractivity contribution is 7.54. The molecule has 0 saturated heterocycles. The number of ketones is 1. The predicted molar refractivity (Wildman–Crippen MR) is 62.7 cm³/mol. The summed E-state index contributed by atoms with van der Waals surface area (Å²) in [5.41, 5.74) is 0. The van der Waals surface area contributed by atoms with Crippen molar-refractivity contribution in [3.8, 4) is 0 Å². The fourth-order valence-electron chi connectivity index (χ4n) is 2.16. The minimum atomic E-state index is -3.15. The number of carbonyl (C=O) groups excluding carboxylic acids is 1. The van der Waals surface area contributed by atoms with Gasteiger partial charge >= 0.3 is 7.60 Å². The Labute approximate surface area is 97.2 Å². The second-order valence-corrected chi connectivity index (χ2v) is 6.63. The Hall–Kier alpha value is -0.180. The van der Waals surface area contributed by atoms with Gasteiger partial charge in [0.2, 0.25) is 0 Å². The van der Waals surface area contributed by atoms with E-state index in [0.29, 0.717) is 12.3 Å². The van der Waals surface area contributed by atoms with Gasteiger partial charge < -0.3 is 9.05 Å². The van der Waals surface area contributed by atoms with Crippen LogP contribution in [0, 0.1) is 5.92 Å². The van der Waals surface area contributed by atoms with E-state index in [9.17, 15) is 9.36 Å². The van der Waals surface area contributed by atoms with E-state index in [1.54, 1.807) is 0 Å². The summed E-state index contributed by atoms with van der Waals surface area (Å²) in [6, 6.07) is 0. The van der Waals surface area contributed by atoms with E-state index < -0.39 is 7.60 Å². The van der Waals surface area contributed by atoms with Gasteiger partial charge in [-0.3, -0.25) is 9.36 Å². The van der Waals surface area contributed by atoms with E-state index in [2.05, 4.69) is 0 Å². The zero-order valence-electron chi connectivity index (χ0n) is 10.1. The van der Waals surface area contributed by atoms with Crippen molar-refractivity contribution < 1.29 is 18.4 Å². The summed E-state index contributed by atoms with van der Waals surface area (Å²) in [5.74, 6) is 0.673. The summed E-state index contributed by atoms with van der Waals surface area (Å²) in [4.78, 5) is 11.6. The number of Topliss-reactive ketones (excluding diaryl/α,β-unsaturated/α-hetero) is 1. The summed E-state index contributed by atoms with van der Waals surface area (Å²) in [6.45, 7) is 0. The van der Waals surface area contributed by atoms with Gasteiger partial charge in [-0.2, -0.15) is 0 Å². The minimum Gasteiger partial charge on any atom is -0.312 e. The van der Waals surface area contributed by atoms with Gasteiger partial charge in [0.1, 0.15) is 11.9 Å². The van der Waals surface area contributed by atoms with E-state index >= 15 is 0 Å². The second-order valence-electron chi connectivity index (χ2n) is 4.36. The third kappa shape index (κ3) is 4.36. The van der Waals surface area contributed by atoms with Crippen LogP contribution in [0.1, 0.15) is 38.5 Å². The number of hydrogen-bond acceptors (Lipinski definition) is 4. The Kier molecular flexibility index (Phi) is 5.67. The highest BCUT2D eigenvalue weighted by Crippen LogP contribution is 2.46. The molecule has 0 aromatic carbocycles. The molecule has 1 rings (SSSR count). The molecule has 1 aliphatic rings. The molecule has 0 spiro atoms. The topological polar surface area (TPSA) is 52.6 Å². The molecule has 0 aliphatic heterocycles. The quantitative estimate of drug-likeness (QED) is 0.650. The molecule has 0 amide bonds. The van der Waals surface area contributed by atoms with Gasteiger partial charge in [-0.1, -0.05) is 25.7 Å². The van der Waals surface area contributed by atoms with E-state index in [1.807, 2.05) is 0 Å². The molecule has 0 unspecified atom stereocenters. The van der Waals surface area contributed by atoms with E-state index in [1.165, 1.54) is 39.9 Å². The van der Waals surface area contributed by atoms with Crippen LogP contribution in [0.25, 0.3) is 0 Å². The molecule has 0 N–H and O–H groups in total. The van der Waals surface area contributed by atoms with Gasteiger partial charge in [-0.15, -0.1) is 0 Å². The minimum absolute atomic E-state index is 0.0149. The normalized spacial score (nSPS) is 17.9. The smallest absolute Gasteiger partial charge is 0.312 e. The molecule has 0 bridgehead atoms. The zero-order chi connectivity index (χ0) is 12.0. The molecule has 4 nitrogen and oxygen atoms in total. The van der Waals surface area contributed by atoms with Crippen molar-refractivity contribution in [2.45, 2.75) is 38.5 Å². The first kappa shape index (κ1) is 13.9. The maximum absolute atomic E-state index is 11.7. The summed E-state index contributed by atoms with van der Waals surface area (Å²) >= 11 is 0. The molecule has 1 saturated carbocycles. The lowest BCUT2D eigenvalue weighted by atomic mass is 10.0. The molecule has 1 aliphatic carbocycles. The molecular weight excluding hydrogens is 227 g/mol. The largest absolute Gasteiger partial charge is 0.337 e. The predicted octanol–water partition coefficient (Wildman–Crippen LogP) is 3.01. The molecular formula is C11H21O4P. The molecule has 0 aromatic rings. The molecule has 0 heterocycles. The van der Waals surface area contributed by atoms with Gasteiger partial charge in [-0.25, -0.2) is 0 Å². The van der Waals surface area contributed by atoms with Crippen LogP contribution in [0.4, 0.5) is 0 Å². The molecule has 0 atom stereocenters. The van der Waals surface area contributed by atoms with Crippen LogP contribution in [0.2, 0.25) is 0 Å². The lowest BCUT2D eigenvalue weighted by Crippen LogP contribution is -2.09. The first-order valence-electron chi connectivity index (χ1n) is 5.82. The Morgan fingerprint density at radius 1 is 1.25 bits per heavy atom. The SMILES string of the molecule is COP(=O)(CC(=O)CCC1CCCC1)OC. The average molecular weight is 248 g/mol. The summed E-state index contributed by atoms with van der Waals surface area (Å²) in [5, 5.41) is 0. The van der Waals surface area contributed by atoms with E-state index in [-0.39, 0.29) is 11.9 Å². The third-order valence-electron chi connectivity index (χ3n) is 3.23. The maximum Gasteiger partial charge on any atom is 0.337 e. The van der Waals surface area contributed by atoms with Gasteiger partial charge in [0, 0.05) is 20.6 Å². The van der Waals surface area contributed by atoms with Crippen molar-refractivity contribution in [3.63, 3.8) is 0 Å². The Morgan fingerprint density at radius 2 is 1.81 bits per heavy atom. The molecule has 94 valence electrons. The second kappa shape index (κ2) is 6.53.